The summed E-state index contributed by atoms with van der Waals surface area (Å²) in [5, 5.41) is 0. The van der Waals surface area contributed by atoms with Gasteiger partial charge in [-0.2, -0.15) is 0 Å². The molecular formula is C13H25NO. The van der Waals surface area contributed by atoms with Gasteiger partial charge in [0.15, 0.2) is 5.90 Å². The third-order valence-corrected chi connectivity index (χ3v) is 4.13. The lowest BCUT2D eigenvalue weighted by molar-refractivity contribution is 0.0390. The summed E-state index contributed by atoms with van der Waals surface area (Å²) in [6.45, 7) is 8.56. The van der Waals surface area contributed by atoms with Gasteiger partial charge in [-0.3, -0.25) is 4.99 Å². The molecule has 1 heterocycles. The van der Waals surface area contributed by atoms with Crippen LogP contribution in [-0.4, -0.2) is 19.0 Å². The summed E-state index contributed by atoms with van der Waals surface area (Å²) in [6.07, 6.45) is 5.23. The molecule has 1 fully saturated rings. The smallest absolute Gasteiger partial charge is 0.183 e. The van der Waals surface area contributed by atoms with Crippen LogP contribution in [0, 0.1) is 11.3 Å². The van der Waals surface area contributed by atoms with Crippen LogP contribution in [0.1, 0.15) is 53.4 Å². The second kappa shape index (κ2) is 5.00. The predicted octanol–water partition coefficient (Wildman–Crippen LogP) is 3.66. The molecule has 0 aromatic carbocycles. The van der Waals surface area contributed by atoms with E-state index in [0.717, 1.165) is 18.2 Å². The molecule has 2 heteroatoms. The zero-order valence-corrected chi connectivity index (χ0v) is 10.8. The van der Waals surface area contributed by atoms with E-state index in [1.165, 1.54) is 19.3 Å². The van der Waals surface area contributed by atoms with Crippen molar-refractivity contribution in [3.63, 3.8) is 0 Å². The molecule has 0 aromatic rings. The van der Waals surface area contributed by atoms with Crippen LogP contribution in [0.2, 0.25) is 0 Å². The Morgan fingerprint density at radius 1 is 1.27 bits per heavy atom. The molecule has 2 rings (SSSR count). The average molecular weight is 211 g/mol. The summed E-state index contributed by atoms with van der Waals surface area (Å²) in [5.74, 6) is 1.71. The van der Waals surface area contributed by atoms with Crippen LogP contribution < -0.4 is 0 Å². The third-order valence-electron chi connectivity index (χ3n) is 4.13. The summed E-state index contributed by atoms with van der Waals surface area (Å²) in [5.41, 5.74) is 0.548. The van der Waals surface area contributed by atoms with Gasteiger partial charge in [0.2, 0.25) is 0 Å². The quantitative estimate of drug-likeness (QED) is 0.599. The second-order valence-electron chi connectivity index (χ2n) is 4.65. The summed E-state index contributed by atoms with van der Waals surface area (Å²) in [7, 11) is 1.74. The molecule has 0 aromatic heterocycles. The Labute approximate surface area is 94.1 Å². The molecule has 2 nitrogen and oxygen atoms in total. The topological polar surface area (TPSA) is 21.6 Å². The lowest BCUT2D eigenvalue weighted by Crippen LogP contribution is -2.45. The van der Waals surface area contributed by atoms with Crippen LogP contribution in [0.5, 0.6) is 0 Å². The van der Waals surface area contributed by atoms with Crippen molar-refractivity contribution in [3.05, 3.63) is 0 Å². The van der Waals surface area contributed by atoms with Crippen molar-refractivity contribution in [2.45, 2.75) is 59.4 Å². The maximum Gasteiger partial charge on any atom is 0.183 e. The highest BCUT2D eigenvalue weighted by molar-refractivity contribution is 5.78. The van der Waals surface area contributed by atoms with Crippen molar-refractivity contribution in [1.29, 1.82) is 0 Å². The number of rotatable bonds is 0. The Balaban J connectivity index is 0.000000531. The van der Waals surface area contributed by atoms with Gasteiger partial charge < -0.3 is 4.74 Å². The van der Waals surface area contributed by atoms with Gasteiger partial charge in [0, 0.05) is 6.42 Å². The fraction of sp³-hybridized carbons (Fsp3) is 0.923. The van der Waals surface area contributed by atoms with Crippen molar-refractivity contribution < 1.29 is 4.74 Å². The fourth-order valence-electron chi connectivity index (χ4n) is 2.75. The lowest BCUT2D eigenvalue weighted by atomic mass is 9.57. The maximum atomic E-state index is 5.29. The van der Waals surface area contributed by atoms with Crippen LogP contribution in [0.25, 0.3) is 0 Å². The van der Waals surface area contributed by atoms with E-state index in [0.29, 0.717) is 11.5 Å². The molecule has 0 saturated heterocycles. The standard InChI is InChI=1S/C11H19NO.C2H6/c1-8-9(2)12-10(13-3)7-11(8)5-4-6-11;1-2/h8-9H,4-7H2,1-3H3;1-2H3. The molecule has 0 bridgehead atoms. The number of hydrogen-bond acceptors (Lipinski definition) is 2. The first kappa shape index (κ1) is 12.5. The molecule has 1 aliphatic heterocycles. The Morgan fingerprint density at radius 2 is 1.87 bits per heavy atom. The Hall–Kier alpha value is -0.530. The number of nitrogens with zero attached hydrogens (tertiary/aromatic N) is 1. The van der Waals surface area contributed by atoms with Gasteiger partial charge >= 0.3 is 0 Å². The summed E-state index contributed by atoms with van der Waals surface area (Å²) in [4.78, 5) is 4.55. The zero-order valence-electron chi connectivity index (χ0n) is 10.8. The lowest BCUT2D eigenvalue weighted by Gasteiger charge is -2.50. The SMILES string of the molecule is CC.COC1=NC(C)C(C)C2(CCC2)C1. The van der Waals surface area contributed by atoms with E-state index in [1.54, 1.807) is 7.11 Å². The van der Waals surface area contributed by atoms with Gasteiger partial charge in [-0.25, -0.2) is 0 Å². The van der Waals surface area contributed by atoms with Gasteiger partial charge in [-0.05, 0) is 31.1 Å². The molecule has 2 unspecified atom stereocenters. The molecule has 2 atom stereocenters. The van der Waals surface area contributed by atoms with E-state index < -0.39 is 0 Å². The first-order chi connectivity index (χ1) is 7.18. The van der Waals surface area contributed by atoms with Gasteiger partial charge in [-0.15, -0.1) is 0 Å². The van der Waals surface area contributed by atoms with E-state index in [-0.39, 0.29) is 0 Å². The summed E-state index contributed by atoms with van der Waals surface area (Å²) in [6, 6.07) is 0.448. The molecule has 0 radical (unpaired) electrons. The van der Waals surface area contributed by atoms with Crippen molar-refractivity contribution in [1.82, 2.24) is 0 Å². The normalized spacial score (nSPS) is 32.2. The molecule has 2 aliphatic rings. The molecule has 1 spiro atoms. The average Bonchev–Trinajstić information content (AvgIpc) is 2.22. The number of hydrogen-bond donors (Lipinski definition) is 0. The minimum atomic E-state index is 0.448. The van der Waals surface area contributed by atoms with Crippen LogP contribution >= 0.6 is 0 Å². The molecular weight excluding hydrogens is 186 g/mol. The first-order valence-electron chi connectivity index (χ1n) is 6.29. The van der Waals surface area contributed by atoms with Crippen LogP contribution in [-0.2, 0) is 4.74 Å². The van der Waals surface area contributed by atoms with Crippen LogP contribution in [0.4, 0.5) is 0 Å². The van der Waals surface area contributed by atoms with E-state index >= 15 is 0 Å². The molecule has 1 saturated carbocycles. The predicted molar refractivity (Wildman–Crippen MR) is 65.3 cm³/mol. The molecule has 15 heavy (non-hydrogen) atoms. The molecule has 1 aliphatic carbocycles. The zero-order chi connectivity index (χ0) is 11.5. The number of aliphatic imine (C=N–C) groups is 1. The molecule has 0 N–H and O–H groups in total. The van der Waals surface area contributed by atoms with E-state index in [9.17, 15) is 0 Å². The monoisotopic (exact) mass is 211 g/mol. The summed E-state index contributed by atoms with van der Waals surface area (Å²) < 4.78 is 5.29. The largest absolute Gasteiger partial charge is 0.484 e. The minimum absolute atomic E-state index is 0.448. The number of ether oxygens (including phenoxy) is 1. The second-order valence-corrected chi connectivity index (χ2v) is 4.65. The number of methoxy groups -OCH3 is 1. The van der Waals surface area contributed by atoms with Crippen LogP contribution in [0.3, 0.4) is 0 Å². The van der Waals surface area contributed by atoms with Crippen molar-refractivity contribution in [3.8, 4) is 0 Å². The fourth-order valence-corrected chi connectivity index (χ4v) is 2.75. The van der Waals surface area contributed by atoms with Crippen molar-refractivity contribution in [2.75, 3.05) is 7.11 Å². The van der Waals surface area contributed by atoms with Gasteiger partial charge in [0.1, 0.15) is 0 Å². The van der Waals surface area contributed by atoms with Gasteiger partial charge in [0.05, 0.1) is 13.2 Å². The van der Waals surface area contributed by atoms with E-state index in [2.05, 4.69) is 18.8 Å². The van der Waals surface area contributed by atoms with Gasteiger partial charge in [-0.1, -0.05) is 27.2 Å². The third kappa shape index (κ3) is 2.19. The van der Waals surface area contributed by atoms with Gasteiger partial charge in [0.25, 0.3) is 0 Å². The molecule has 0 amide bonds. The minimum Gasteiger partial charge on any atom is -0.484 e. The van der Waals surface area contributed by atoms with E-state index in [1.807, 2.05) is 13.8 Å². The van der Waals surface area contributed by atoms with Crippen molar-refractivity contribution >= 4 is 5.90 Å². The Morgan fingerprint density at radius 3 is 2.27 bits per heavy atom. The highest BCUT2D eigenvalue weighted by atomic mass is 16.5. The Bertz CT molecular complexity index is 231. The maximum absolute atomic E-state index is 5.29. The summed E-state index contributed by atoms with van der Waals surface area (Å²) >= 11 is 0. The van der Waals surface area contributed by atoms with Crippen LogP contribution in [0.15, 0.2) is 4.99 Å². The highest BCUT2D eigenvalue weighted by Crippen LogP contribution is 2.53. The Kier molecular flexibility index (Phi) is 4.18. The highest BCUT2D eigenvalue weighted by Gasteiger charge is 2.47. The molecule has 88 valence electrons. The van der Waals surface area contributed by atoms with E-state index in [4.69, 9.17) is 4.74 Å². The van der Waals surface area contributed by atoms with Crippen molar-refractivity contribution in [2.24, 2.45) is 16.3 Å². The first-order valence-corrected chi connectivity index (χ1v) is 6.29.